The molecule has 0 bridgehead atoms. The zero-order valence-corrected chi connectivity index (χ0v) is 10.7. The number of esters is 1. The third-order valence-corrected chi connectivity index (χ3v) is 3.04. The summed E-state index contributed by atoms with van der Waals surface area (Å²) in [7, 11) is 2.86. The maximum absolute atomic E-state index is 11.5. The lowest BCUT2D eigenvalue weighted by molar-refractivity contribution is -0.142. The number of benzene rings is 1. The zero-order valence-electron chi connectivity index (χ0n) is 10.7. The number of nitrogens with two attached hydrogens (primary N) is 1. The van der Waals surface area contributed by atoms with Gasteiger partial charge in [-0.05, 0) is 19.1 Å². The molecule has 2 N–H and O–H groups in total. The first kappa shape index (κ1) is 12.7. The molecule has 0 radical (unpaired) electrons. The van der Waals surface area contributed by atoms with Crippen LogP contribution in [0.3, 0.4) is 0 Å². The van der Waals surface area contributed by atoms with Crippen molar-refractivity contribution in [3.05, 3.63) is 23.3 Å². The standard InChI is InChI=1S/C13H17NO4/c1-7-4-8-5-11(16-2)9(6-10(8)18-7)12(14)13(15)17-3/h5-7,12H,4,14H2,1-3H3. The molecule has 0 aromatic heterocycles. The smallest absolute Gasteiger partial charge is 0.327 e. The van der Waals surface area contributed by atoms with Crippen LogP contribution in [0.25, 0.3) is 0 Å². The Labute approximate surface area is 106 Å². The highest BCUT2D eigenvalue weighted by Gasteiger charge is 2.26. The molecule has 2 rings (SSSR count). The third kappa shape index (κ3) is 2.13. The number of methoxy groups -OCH3 is 2. The van der Waals surface area contributed by atoms with Crippen LogP contribution in [0.4, 0.5) is 0 Å². The van der Waals surface area contributed by atoms with Crippen molar-refractivity contribution in [2.75, 3.05) is 14.2 Å². The molecule has 0 fully saturated rings. The minimum absolute atomic E-state index is 0.134. The Morgan fingerprint density at radius 3 is 2.83 bits per heavy atom. The molecular weight excluding hydrogens is 234 g/mol. The van der Waals surface area contributed by atoms with Crippen molar-refractivity contribution in [2.45, 2.75) is 25.5 Å². The van der Waals surface area contributed by atoms with Gasteiger partial charge in [0.25, 0.3) is 0 Å². The van der Waals surface area contributed by atoms with Gasteiger partial charge in [-0.1, -0.05) is 0 Å². The van der Waals surface area contributed by atoms with Gasteiger partial charge < -0.3 is 19.9 Å². The Kier molecular flexibility index (Phi) is 3.43. The minimum atomic E-state index is -0.866. The normalized spacial score (nSPS) is 18.8. The Balaban J connectivity index is 2.41. The van der Waals surface area contributed by atoms with Crippen LogP contribution in [0.1, 0.15) is 24.1 Å². The van der Waals surface area contributed by atoms with Gasteiger partial charge in [-0.25, -0.2) is 0 Å². The number of rotatable bonds is 3. The summed E-state index contributed by atoms with van der Waals surface area (Å²) in [6, 6.07) is 2.77. The topological polar surface area (TPSA) is 70.8 Å². The van der Waals surface area contributed by atoms with Crippen molar-refractivity contribution in [3.8, 4) is 11.5 Å². The summed E-state index contributed by atoms with van der Waals surface area (Å²) in [4.78, 5) is 11.5. The van der Waals surface area contributed by atoms with Crippen LogP contribution in [0.2, 0.25) is 0 Å². The summed E-state index contributed by atoms with van der Waals surface area (Å²) in [5.41, 5.74) is 7.49. The molecule has 1 aromatic rings. The molecule has 1 aromatic carbocycles. The maximum Gasteiger partial charge on any atom is 0.327 e. The van der Waals surface area contributed by atoms with E-state index in [1.165, 1.54) is 7.11 Å². The zero-order chi connectivity index (χ0) is 13.3. The van der Waals surface area contributed by atoms with E-state index in [1.54, 1.807) is 13.2 Å². The van der Waals surface area contributed by atoms with Crippen molar-refractivity contribution in [3.63, 3.8) is 0 Å². The van der Waals surface area contributed by atoms with Crippen molar-refractivity contribution >= 4 is 5.97 Å². The number of carbonyl (C=O) groups excluding carboxylic acids is 1. The fraction of sp³-hybridized carbons (Fsp3) is 0.462. The van der Waals surface area contributed by atoms with Crippen LogP contribution >= 0.6 is 0 Å². The van der Waals surface area contributed by atoms with E-state index < -0.39 is 12.0 Å². The Morgan fingerprint density at radius 2 is 2.22 bits per heavy atom. The Morgan fingerprint density at radius 1 is 1.50 bits per heavy atom. The van der Waals surface area contributed by atoms with Gasteiger partial charge >= 0.3 is 5.97 Å². The van der Waals surface area contributed by atoms with Gasteiger partial charge in [0.15, 0.2) is 0 Å². The fourth-order valence-electron chi connectivity index (χ4n) is 2.13. The van der Waals surface area contributed by atoms with Crippen LogP contribution in [-0.2, 0) is 16.0 Å². The summed E-state index contributed by atoms with van der Waals surface area (Å²) >= 11 is 0. The summed E-state index contributed by atoms with van der Waals surface area (Å²) in [6.07, 6.45) is 0.966. The van der Waals surface area contributed by atoms with Gasteiger partial charge in [0.1, 0.15) is 23.6 Å². The molecule has 0 saturated carbocycles. The van der Waals surface area contributed by atoms with E-state index in [-0.39, 0.29) is 6.10 Å². The predicted octanol–water partition coefficient (Wildman–Crippen LogP) is 1.19. The number of hydrogen-bond donors (Lipinski definition) is 1. The molecule has 0 aliphatic carbocycles. The highest BCUT2D eigenvalue weighted by atomic mass is 16.5. The van der Waals surface area contributed by atoms with E-state index in [4.69, 9.17) is 15.2 Å². The highest BCUT2D eigenvalue weighted by molar-refractivity contribution is 5.78. The van der Waals surface area contributed by atoms with Crippen LogP contribution < -0.4 is 15.2 Å². The first-order valence-corrected chi connectivity index (χ1v) is 5.77. The van der Waals surface area contributed by atoms with E-state index >= 15 is 0 Å². The van der Waals surface area contributed by atoms with Gasteiger partial charge in [-0.15, -0.1) is 0 Å². The molecule has 18 heavy (non-hydrogen) atoms. The first-order chi connectivity index (χ1) is 8.56. The quantitative estimate of drug-likeness (QED) is 0.817. The molecule has 0 spiro atoms. The molecule has 0 saturated heterocycles. The van der Waals surface area contributed by atoms with E-state index in [1.807, 2.05) is 13.0 Å². The molecule has 1 aliphatic rings. The van der Waals surface area contributed by atoms with Crippen molar-refractivity contribution in [1.29, 1.82) is 0 Å². The maximum atomic E-state index is 11.5. The average Bonchev–Trinajstić information content (AvgIpc) is 2.74. The SMILES string of the molecule is COC(=O)C(N)c1cc2c(cc1OC)CC(C)O2. The van der Waals surface area contributed by atoms with Crippen LogP contribution in [0.15, 0.2) is 12.1 Å². The number of ether oxygens (including phenoxy) is 3. The fourth-order valence-corrected chi connectivity index (χ4v) is 2.13. The lowest BCUT2D eigenvalue weighted by Crippen LogP contribution is -2.23. The molecule has 98 valence electrons. The van der Waals surface area contributed by atoms with Gasteiger partial charge in [0, 0.05) is 17.5 Å². The van der Waals surface area contributed by atoms with E-state index in [0.717, 1.165) is 17.7 Å². The predicted molar refractivity (Wildman–Crippen MR) is 65.7 cm³/mol. The highest BCUT2D eigenvalue weighted by Crippen LogP contribution is 2.37. The third-order valence-electron chi connectivity index (χ3n) is 3.04. The van der Waals surface area contributed by atoms with Gasteiger partial charge in [0.05, 0.1) is 14.2 Å². The molecule has 5 nitrogen and oxygen atoms in total. The van der Waals surface area contributed by atoms with Gasteiger partial charge in [-0.2, -0.15) is 0 Å². The molecule has 5 heteroatoms. The molecule has 2 atom stereocenters. The van der Waals surface area contributed by atoms with Gasteiger partial charge in [0.2, 0.25) is 0 Å². The summed E-state index contributed by atoms with van der Waals surface area (Å²) in [5.74, 6) is 0.848. The van der Waals surface area contributed by atoms with Crippen molar-refractivity contribution in [1.82, 2.24) is 0 Å². The average molecular weight is 251 g/mol. The molecule has 2 unspecified atom stereocenters. The van der Waals surface area contributed by atoms with E-state index in [2.05, 4.69) is 4.74 Å². The lowest BCUT2D eigenvalue weighted by Gasteiger charge is -2.15. The molecule has 1 aliphatic heterocycles. The van der Waals surface area contributed by atoms with Gasteiger partial charge in [-0.3, -0.25) is 4.79 Å². The molecule has 0 amide bonds. The lowest BCUT2D eigenvalue weighted by atomic mass is 10.0. The number of carbonyl (C=O) groups is 1. The first-order valence-electron chi connectivity index (χ1n) is 5.77. The monoisotopic (exact) mass is 251 g/mol. The molecule has 1 heterocycles. The number of hydrogen-bond acceptors (Lipinski definition) is 5. The van der Waals surface area contributed by atoms with Crippen molar-refractivity contribution < 1.29 is 19.0 Å². The second-order valence-corrected chi connectivity index (χ2v) is 4.34. The minimum Gasteiger partial charge on any atom is -0.496 e. The van der Waals surface area contributed by atoms with E-state index in [9.17, 15) is 4.79 Å². The summed E-state index contributed by atoms with van der Waals surface area (Å²) in [5, 5.41) is 0. The Bertz CT molecular complexity index is 472. The second kappa shape index (κ2) is 4.86. The van der Waals surface area contributed by atoms with Crippen LogP contribution in [0.5, 0.6) is 11.5 Å². The Hall–Kier alpha value is -1.75. The van der Waals surface area contributed by atoms with E-state index in [0.29, 0.717) is 11.3 Å². The second-order valence-electron chi connectivity index (χ2n) is 4.34. The molecular formula is C13H17NO4. The summed E-state index contributed by atoms with van der Waals surface area (Å²) in [6.45, 7) is 1.99. The van der Waals surface area contributed by atoms with Crippen LogP contribution in [-0.4, -0.2) is 26.3 Å². The van der Waals surface area contributed by atoms with Crippen LogP contribution in [0, 0.1) is 0 Å². The largest absolute Gasteiger partial charge is 0.496 e. The van der Waals surface area contributed by atoms with Crippen molar-refractivity contribution in [2.24, 2.45) is 5.73 Å². The number of fused-ring (bicyclic) bond motifs is 1. The summed E-state index contributed by atoms with van der Waals surface area (Å²) < 4.78 is 15.6.